The van der Waals surface area contributed by atoms with E-state index in [1.807, 2.05) is 36.4 Å². The van der Waals surface area contributed by atoms with Gasteiger partial charge in [0.1, 0.15) is 0 Å². The number of anilines is 2. The second-order valence-corrected chi connectivity index (χ2v) is 9.82. The molecule has 1 unspecified atom stereocenters. The first kappa shape index (κ1) is 24.9. The number of primary amides is 1. The minimum atomic E-state index is -0.376. The summed E-state index contributed by atoms with van der Waals surface area (Å²) in [6, 6.07) is 16.0. The van der Waals surface area contributed by atoms with Crippen molar-refractivity contribution >= 4 is 29.1 Å². The fourth-order valence-electron chi connectivity index (χ4n) is 4.98. The zero-order valence-electron chi connectivity index (χ0n) is 20.5. The molecule has 1 atom stereocenters. The number of nitrogens with two attached hydrogens (primary N) is 1. The summed E-state index contributed by atoms with van der Waals surface area (Å²) in [4.78, 5) is 41.0. The van der Waals surface area contributed by atoms with E-state index >= 15 is 0 Å². The van der Waals surface area contributed by atoms with E-state index in [0.29, 0.717) is 6.54 Å². The minimum Gasteiger partial charge on any atom is -0.369 e. The fourth-order valence-corrected chi connectivity index (χ4v) is 4.98. The Morgan fingerprint density at radius 1 is 1.03 bits per heavy atom. The van der Waals surface area contributed by atoms with Crippen molar-refractivity contribution in [3.63, 3.8) is 0 Å². The van der Waals surface area contributed by atoms with Crippen molar-refractivity contribution in [2.24, 2.45) is 17.6 Å². The summed E-state index contributed by atoms with van der Waals surface area (Å²) in [5, 5.41) is 3.01. The number of carbonyl (C=O) groups is 3. The fraction of sp³-hybridized carbons (Fsp3) is 0.464. The minimum absolute atomic E-state index is 0.0143. The lowest BCUT2D eigenvalue weighted by Crippen LogP contribution is -2.38. The van der Waals surface area contributed by atoms with E-state index in [-0.39, 0.29) is 36.0 Å². The number of carbonyl (C=O) groups excluding carboxylic acids is 3. The molecular formula is C28H36N4O3. The lowest BCUT2D eigenvalue weighted by Gasteiger charge is -2.30. The Morgan fingerprint density at radius 2 is 1.77 bits per heavy atom. The van der Waals surface area contributed by atoms with E-state index in [1.54, 1.807) is 4.90 Å². The average Bonchev–Trinajstić information content (AvgIpc) is 3.25. The molecule has 4 rings (SSSR count). The maximum Gasteiger partial charge on any atom is 0.229 e. The molecule has 0 aliphatic carbocycles. The second kappa shape index (κ2) is 11.5. The van der Waals surface area contributed by atoms with E-state index < -0.39 is 0 Å². The van der Waals surface area contributed by atoms with Crippen LogP contribution in [0.15, 0.2) is 48.5 Å². The zero-order chi connectivity index (χ0) is 24.8. The third kappa shape index (κ3) is 6.48. The number of unbranched alkanes of at least 4 members (excludes halogenated alkanes) is 1. The Hall–Kier alpha value is -3.19. The van der Waals surface area contributed by atoms with Crippen molar-refractivity contribution in [2.75, 3.05) is 29.9 Å². The SMILES string of the molecule is CCCCc1ccc(N2CC(C(=O)Nc3cccc(CN4CCC(C(N)=O)CC4)c3)CC2=O)cc1. The van der Waals surface area contributed by atoms with E-state index in [4.69, 9.17) is 5.73 Å². The quantitative estimate of drug-likeness (QED) is 0.577. The molecular weight excluding hydrogens is 440 g/mol. The van der Waals surface area contributed by atoms with Gasteiger partial charge in [0.15, 0.2) is 0 Å². The lowest BCUT2D eigenvalue weighted by atomic mass is 9.96. The summed E-state index contributed by atoms with van der Waals surface area (Å²) in [7, 11) is 0. The number of benzene rings is 2. The number of amides is 3. The summed E-state index contributed by atoms with van der Waals surface area (Å²) in [6.07, 6.45) is 5.15. The van der Waals surface area contributed by atoms with Gasteiger partial charge in [-0.3, -0.25) is 19.3 Å². The van der Waals surface area contributed by atoms with Gasteiger partial charge in [0.25, 0.3) is 0 Å². The molecule has 2 fully saturated rings. The molecule has 0 saturated carbocycles. The van der Waals surface area contributed by atoms with Crippen LogP contribution in [0.3, 0.4) is 0 Å². The number of hydrogen-bond acceptors (Lipinski definition) is 4. The lowest BCUT2D eigenvalue weighted by molar-refractivity contribution is -0.123. The average molecular weight is 477 g/mol. The molecule has 0 aromatic heterocycles. The summed E-state index contributed by atoms with van der Waals surface area (Å²) in [5.41, 5.74) is 9.41. The summed E-state index contributed by atoms with van der Waals surface area (Å²) >= 11 is 0. The first-order valence-corrected chi connectivity index (χ1v) is 12.7. The van der Waals surface area contributed by atoms with Crippen LogP contribution in [0, 0.1) is 11.8 Å². The summed E-state index contributed by atoms with van der Waals surface area (Å²) in [6.45, 7) is 5.01. The highest BCUT2D eigenvalue weighted by molar-refractivity contribution is 6.03. The number of aryl methyl sites for hydroxylation is 1. The van der Waals surface area contributed by atoms with Crippen LogP contribution >= 0.6 is 0 Å². The predicted molar refractivity (Wildman–Crippen MR) is 138 cm³/mol. The first-order valence-electron chi connectivity index (χ1n) is 12.7. The van der Waals surface area contributed by atoms with Gasteiger partial charge in [0, 0.05) is 36.8 Å². The molecule has 2 saturated heterocycles. The van der Waals surface area contributed by atoms with Crippen LogP contribution in [0.1, 0.15) is 50.2 Å². The van der Waals surface area contributed by atoms with Gasteiger partial charge in [-0.05, 0) is 74.2 Å². The van der Waals surface area contributed by atoms with E-state index in [2.05, 4.69) is 29.3 Å². The molecule has 186 valence electrons. The molecule has 2 aliphatic heterocycles. The maximum atomic E-state index is 13.0. The Morgan fingerprint density at radius 3 is 2.46 bits per heavy atom. The molecule has 0 spiro atoms. The van der Waals surface area contributed by atoms with Crippen molar-refractivity contribution in [1.29, 1.82) is 0 Å². The molecule has 3 N–H and O–H groups in total. The number of piperidine rings is 1. The number of likely N-dealkylation sites (tertiary alicyclic amines) is 1. The third-order valence-electron chi connectivity index (χ3n) is 7.15. The van der Waals surface area contributed by atoms with Gasteiger partial charge < -0.3 is 16.0 Å². The molecule has 0 radical (unpaired) electrons. The number of rotatable bonds is 9. The molecule has 2 aromatic carbocycles. The number of hydrogen-bond donors (Lipinski definition) is 2. The van der Waals surface area contributed by atoms with Crippen LogP contribution in [0.4, 0.5) is 11.4 Å². The van der Waals surface area contributed by atoms with Gasteiger partial charge in [-0.15, -0.1) is 0 Å². The normalized spacial score (nSPS) is 19.2. The second-order valence-electron chi connectivity index (χ2n) is 9.82. The van der Waals surface area contributed by atoms with Gasteiger partial charge in [-0.2, -0.15) is 0 Å². The summed E-state index contributed by atoms with van der Waals surface area (Å²) in [5.74, 6) is -0.745. The van der Waals surface area contributed by atoms with Crippen molar-refractivity contribution < 1.29 is 14.4 Å². The zero-order valence-corrected chi connectivity index (χ0v) is 20.5. The molecule has 2 heterocycles. The van der Waals surface area contributed by atoms with Crippen LogP contribution in [0.5, 0.6) is 0 Å². The number of nitrogens with zero attached hydrogens (tertiary/aromatic N) is 2. The molecule has 3 amide bonds. The monoisotopic (exact) mass is 476 g/mol. The highest BCUT2D eigenvalue weighted by Crippen LogP contribution is 2.27. The smallest absolute Gasteiger partial charge is 0.229 e. The van der Waals surface area contributed by atoms with E-state index in [0.717, 1.165) is 68.7 Å². The molecule has 0 bridgehead atoms. The van der Waals surface area contributed by atoms with Gasteiger partial charge in [0.05, 0.1) is 5.92 Å². The van der Waals surface area contributed by atoms with Crippen molar-refractivity contribution in [3.05, 3.63) is 59.7 Å². The van der Waals surface area contributed by atoms with Gasteiger partial charge in [-0.25, -0.2) is 0 Å². The van der Waals surface area contributed by atoms with E-state index in [9.17, 15) is 14.4 Å². The molecule has 2 aliphatic rings. The third-order valence-corrected chi connectivity index (χ3v) is 7.15. The van der Waals surface area contributed by atoms with Crippen LogP contribution in [-0.4, -0.2) is 42.3 Å². The summed E-state index contributed by atoms with van der Waals surface area (Å²) < 4.78 is 0. The van der Waals surface area contributed by atoms with E-state index in [1.165, 1.54) is 5.56 Å². The molecule has 2 aromatic rings. The van der Waals surface area contributed by atoms with Gasteiger partial charge in [-0.1, -0.05) is 37.6 Å². The number of nitrogens with one attached hydrogen (secondary N) is 1. The first-order chi connectivity index (χ1) is 16.9. The molecule has 7 nitrogen and oxygen atoms in total. The Kier molecular flexibility index (Phi) is 8.18. The highest BCUT2D eigenvalue weighted by atomic mass is 16.2. The maximum absolute atomic E-state index is 13.0. The Labute approximate surface area is 207 Å². The largest absolute Gasteiger partial charge is 0.369 e. The van der Waals surface area contributed by atoms with Gasteiger partial charge >= 0.3 is 0 Å². The Bertz CT molecular complexity index is 1040. The molecule has 7 heteroatoms. The Balaban J connectivity index is 1.31. The van der Waals surface area contributed by atoms with Crippen LogP contribution in [-0.2, 0) is 27.3 Å². The van der Waals surface area contributed by atoms with Crippen LogP contribution in [0.2, 0.25) is 0 Å². The standard InChI is InChI=1S/C28H36N4O3/c1-2-3-5-20-8-10-25(11-9-20)32-19-23(17-26(32)33)28(35)30-24-7-4-6-21(16-24)18-31-14-12-22(13-15-31)27(29)34/h4,6-11,16,22-23H,2-3,5,12-15,17-19H2,1H3,(H2,29,34)(H,30,35). The topological polar surface area (TPSA) is 95.7 Å². The molecule has 35 heavy (non-hydrogen) atoms. The van der Waals surface area contributed by atoms with Crippen LogP contribution in [0.25, 0.3) is 0 Å². The van der Waals surface area contributed by atoms with Crippen LogP contribution < -0.4 is 16.0 Å². The van der Waals surface area contributed by atoms with Gasteiger partial charge in [0.2, 0.25) is 17.7 Å². The highest BCUT2D eigenvalue weighted by Gasteiger charge is 2.35. The predicted octanol–water partition coefficient (Wildman–Crippen LogP) is 3.72. The van der Waals surface area contributed by atoms with Crippen molar-refractivity contribution in [1.82, 2.24) is 4.90 Å². The van der Waals surface area contributed by atoms with Crippen molar-refractivity contribution in [3.8, 4) is 0 Å². The van der Waals surface area contributed by atoms with Crippen molar-refractivity contribution in [2.45, 2.75) is 52.0 Å².